The molecule has 1 aromatic carbocycles. The van der Waals surface area contributed by atoms with Gasteiger partial charge in [-0.25, -0.2) is 4.79 Å². The molecule has 0 saturated heterocycles. The monoisotopic (exact) mass is 356 g/mol. The van der Waals surface area contributed by atoms with Gasteiger partial charge >= 0.3 is 5.97 Å². The number of benzene rings is 1. The number of esters is 1. The van der Waals surface area contributed by atoms with Crippen LogP contribution in [0.1, 0.15) is 37.7 Å². The molecule has 0 aliphatic heterocycles. The largest absolute Gasteiger partial charge is 0.454 e. The van der Waals surface area contributed by atoms with Crippen molar-refractivity contribution in [2.24, 2.45) is 0 Å². The van der Waals surface area contributed by atoms with Crippen LogP contribution < -0.4 is 0 Å². The molecule has 0 amide bonds. The lowest BCUT2D eigenvalue weighted by atomic mass is 10.1. The van der Waals surface area contributed by atoms with E-state index in [4.69, 9.17) is 4.74 Å². The van der Waals surface area contributed by atoms with Crippen molar-refractivity contribution in [3.8, 4) is 0 Å². The molecule has 7 heteroatoms. The minimum atomic E-state index is -0.895. The Kier molecular flexibility index (Phi) is 5.71. The van der Waals surface area contributed by atoms with E-state index in [1.807, 2.05) is 11.5 Å². The fourth-order valence-electron chi connectivity index (χ4n) is 2.85. The number of ketones is 1. The molecule has 7 nitrogen and oxygen atoms in total. The molecule has 26 heavy (non-hydrogen) atoms. The van der Waals surface area contributed by atoms with Crippen molar-refractivity contribution in [2.75, 3.05) is 6.61 Å². The maximum absolute atomic E-state index is 12.4. The predicted molar refractivity (Wildman–Crippen MR) is 96.5 cm³/mol. The van der Waals surface area contributed by atoms with Crippen LogP contribution in [-0.4, -0.2) is 27.8 Å². The number of aryl methyl sites for hydroxylation is 2. The number of nitrogens with zero attached hydrogens (tertiary/aromatic N) is 2. The van der Waals surface area contributed by atoms with Gasteiger partial charge in [-0.2, -0.15) is 0 Å². The number of carbonyl (C=O) groups excluding carboxylic acids is 2. The Morgan fingerprint density at radius 1 is 1.27 bits per heavy atom. The van der Waals surface area contributed by atoms with Crippen LogP contribution in [0.4, 0.5) is 5.69 Å². The highest BCUT2D eigenvalue weighted by molar-refractivity contribution is 6.01. The van der Waals surface area contributed by atoms with Gasteiger partial charge in [-0.1, -0.05) is 18.2 Å². The van der Waals surface area contributed by atoms with Crippen molar-refractivity contribution in [3.63, 3.8) is 0 Å². The van der Waals surface area contributed by atoms with Crippen LogP contribution in [0.3, 0.4) is 0 Å². The van der Waals surface area contributed by atoms with Gasteiger partial charge in [-0.3, -0.25) is 14.9 Å². The molecule has 1 aromatic heterocycles. The zero-order valence-corrected chi connectivity index (χ0v) is 14.9. The summed E-state index contributed by atoms with van der Waals surface area (Å²) in [7, 11) is 0. The Bertz CT molecular complexity index is 896. The molecule has 136 valence electrons. The van der Waals surface area contributed by atoms with Gasteiger partial charge in [-0.15, -0.1) is 6.58 Å². The molecule has 0 spiro atoms. The summed E-state index contributed by atoms with van der Waals surface area (Å²) in [6.45, 7) is 8.98. The number of nitro benzene ring substituents is 1. The average molecular weight is 356 g/mol. The minimum absolute atomic E-state index is 0.167. The van der Waals surface area contributed by atoms with E-state index in [0.717, 1.165) is 11.4 Å². The molecular formula is C19H20N2O5. The second-order valence-electron chi connectivity index (χ2n) is 5.91. The van der Waals surface area contributed by atoms with Crippen LogP contribution in [0.25, 0.3) is 0 Å². The predicted octanol–water partition coefficient (Wildman–Crippen LogP) is 3.55. The highest BCUT2D eigenvalue weighted by Gasteiger charge is 2.25. The molecule has 0 radical (unpaired) electrons. The topological polar surface area (TPSA) is 91.4 Å². The van der Waals surface area contributed by atoms with Gasteiger partial charge in [0.05, 0.1) is 4.92 Å². The number of ether oxygens (including phenoxy) is 1. The summed E-state index contributed by atoms with van der Waals surface area (Å²) in [4.78, 5) is 35.2. The molecule has 2 rings (SSSR count). The van der Waals surface area contributed by atoms with E-state index in [1.165, 1.54) is 25.1 Å². The molecule has 0 aliphatic carbocycles. The fourth-order valence-corrected chi connectivity index (χ4v) is 2.85. The molecule has 0 N–H and O–H groups in total. The second kappa shape index (κ2) is 7.77. The summed E-state index contributed by atoms with van der Waals surface area (Å²) in [5, 5.41) is 11.2. The summed E-state index contributed by atoms with van der Waals surface area (Å²) in [5.41, 5.74) is 1.98. The minimum Gasteiger partial charge on any atom is -0.454 e. The lowest BCUT2D eigenvalue weighted by molar-refractivity contribution is -0.385. The average Bonchev–Trinajstić information content (AvgIpc) is 2.87. The van der Waals surface area contributed by atoms with Crippen LogP contribution in [0.2, 0.25) is 0 Å². The SMILES string of the molecule is C=CCn1c(C)cc(C(=O)COC(=O)c2cccc(C)c2[N+](=O)[O-])c1C. The van der Waals surface area contributed by atoms with Crippen molar-refractivity contribution in [3.05, 3.63) is 75.1 Å². The number of para-hydroxylation sites is 1. The summed E-state index contributed by atoms with van der Waals surface area (Å²) in [5.74, 6) is -1.26. The van der Waals surface area contributed by atoms with Gasteiger partial charge in [0.1, 0.15) is 5.56 Å². The van der Waals surface area contributed by atoms with E-state index in [-0.39, 0.29) is 17.0 Å². The molecule has 0 fully saturated rings. The number of allylic oxidation sites excluding steroid dienone is 1. The second-order valence-corrected chi connectivity index (χ2v) is 5.91. The number of hydrogen-bond donors (Lipinski definition) is 0. The highest BCUT2D eigenvalue weighted by atomic mass is 16.6. The number of nitro groups is 1. The van der Waals surface area contributed by atoms with E-state index in [0.29, 0.717) is 17.7 Å². The lowest BCUT2D eigenvalue weighted by Crippen LogP contribution is -2.16. The molecule has 0 aliphatic rings. The molecule has 2 aromatic rings. The van der Waals surface area contributed by atoms with Crippen molar-refractivity contribution in [1.29, 1.82) is 0 Å². The van der Waals surface area contributed by atoms with E-state index in [9.17, 15) is 19.7 Å². The van der Waals surface area contributed by atoms with Gasteiger partial charge in [0.15, 0.2) is 6.61 Å². The Labute approximate surface area is 151 Å². The third-order valence-corrected chi connectivity index (χ3v) is 4.16. The van der Waals surface area contributed by atoms with Crippen LogP contribution in [0, 0.1) is 30.9 Å². The first-order valence-electron chi connectivity index (χ1n) is 7.99. The molecule has 1 heterocycles. The maximum Gasteiger partial charge on any atom is 0.345 e. The van der Waals surface area contributed by atoms with Crippen molar-refractivity contribution in [1.82, 2.24) is 4.57 Å². The molecule has 0 bridgehead atoms. The van der Waals surface area contributed by atoms with Crippen molar-refractivity contribution in [2.45, 2.75) is 27.3 Å². The third-order valence-electron chi connectivity index (χ3n) is 4.16. The molecule has 0 unspecified atom stereocenters. The smallest absolute Gasteiger partial charge is 0.345 e. The van der Waals surface area contributed by atoms with Gasteiger partial charge < -0.3 is 9.30 Å². The van der Waals surface area contributed by atoms with E-state index in [2.05, 4.69) is 6.58 Å². The normalized spacial score (nSPS) is 10.4. The van der Waals surface area contributed by atoms with Gasteiger partial charge in [0.25, 0.3) is 5.69 Å². The Balaban J connectivity index is 2.17. The Hall–Kier alpha value is -3.22. The van der Waals surface area contributed by atoms with Gasteiger partial charge in [0, 0.05) is 29.1 Å². The summed E-state index contributed by atoms with van der Waals surface area (Å²) in [6, 6.07) is 6.11. The van der Waals surface area contributed by atoms with Gasteiger partial charge in [-0.05, 0) is 32.9 Å². The van der Waals surface area contributed by atoms with Crippen molar-refractivity contribution >= 4 is 17.4 Å². The van der Waals surface area contributed by atoms with Crippen LogP contribution in [0.15, 0.2) is 36.9 Å². The standard InChI is InChI=1S/C19H20N2O5/c1-5-9-20-13(3)10-16(14(20)4)17(22)11-26-19(23)15-8-6-7-12(2)18(15)21(24)25/h5-8,10H,1,9,11H2,2-4H3. The number of Topliss-reactive ketones (excluding diaryl/α,β-unsaturated/α-hetero) is 1. The first-order valence-corrected chi connectivity index (χ1v) is 7.99. The van der Waals surface area contributed by atoms with E-state index in [1.54, 1.807) is 19.1 Å². The van der Waals surface area contributed by atoms with Crippen LogP contribution in [-0.2, 0) is 11.3 Å². The molecule has 0 atom stereocenters. The first-order chi connectivity index (χ1) is 12.3. The van der Waals surface area contributed by atoms with Crippen LogP contribution in [0.5, 0.6) is 0 Å². The quantitative estimate of drug-likeness (QED) is 0.249. The highest BCUT2D eigenvalue weighted by Crippen LogP contribution is 2.24. The number of carbonyl (C=O) groups is 2. The van der Waals surface area contributed by atoms with E-state index >= 15 is 0 Å². The lowest BCUT2D eigenvalue weighted by Gasteiger charge is -2.07. The first kappa shape index (κ1) is 19.1. The Morgan fingerprint density at radius 2 is 1.96 bits per heavy atom. The Morgan fingerprint density at radius 3 is 2.58 bits per heavy atom. The third kappa shape index (κ3) is 3.72. The summed E-state index contributed by atoms with van der Waals surface area (Å²) >= 11 is 0. The zero-order chi connectivity index (χ0) is 19.4. The van der Waals surface area contributed by atoms with Gasteiger partial charge in [0.2, 0.25) is 5.78 Å². The molecular weight excluding hydrogens is 336 g/mol. The fraction of sp³-hybridized carbons (Fsp3) is 0.263. The maximum atomic E-state index is 12.4. The number of aromatic nitrogens is 1. The number of rotatable bonds is 7. The summed E-state index contributed by atoms with van der Waals surface area (Å²) in [6.07, 6.45) is 1.73. The summed E-state index contributed by atoms with van der Waals surface area (Å²) < 4.78 is 6.96. The van der Waals surface area contributed by atoms with Crippen molar-refractivity contribution < 1.29 is 19.2 Å². The zero-order valence-electron chi connectivity index (χ0n) is 14.9. The van der Waals surface area contributed by atoms with E-state index < -0.39 is 17.5 Å². The molecule has 0 saturated carbocycles. The number of hydrogen-bond acceptors (Lipinski definition) is 5. The van der Waals surface area contributed by atoms with Crippen LogP contribution >= 0.6 is 0 Å².